The topological polar surface area (TPSA) is 69.5 Å². The molecule has 0 aromatic heterocycles. The van der Waals surface area contributed by atoms with Crippen molar-refractivity contribution < 1.29 is 24.1 Å². The first-order chi connectivity index (χ1) is 10.5. The first kappa shape index (κ1) is 16.6. The molecule has 0 aliphatic carbocycles. The van der Waals surface area contributed by atoms with Gasteiger partial charge >= 0.3 is 0 Å². The molecule has 1 aliphatic rings. The van der Waals surface area contributed by atoms with Crippen molar-refractivity contribution >= 4 is 5.90 Å². The van der Waals surface area contributed by atoms with Crippen LogP contribution in [0.3, 0.4) is 0 Å². The van der Waals surface area contributed by atoms with Crippen LogP contribution in [0.4, 0.5) is 0 Å². The highest BCUT2D eigenvalue weighted by atomic mass is 16.5. The number of aliphatic imine (C=N–C) groups is 1. The van der Waals surface area contributed by atoms with Gasteiger partial charge in [0.1, 0.15) is 13.2 Å². The Morgan fingerprint density at radius 2 is 2.00 bits per heavy atom. The predicted octanol–water partition coefficient (Wildman–Crippen LogP) is 1.99. The number of ether oxygens (including phenoxy) is 4. The highest BCUT2D eigenvalue weighted by molar-refractivity contribution is 5.98. The monoisotopic (exact) mass is 309 g/mol. The maximum Gasteiger partial charge on any atom is 0.220 e. The van der Waals surface area contributed by atoms with Crippen LogP contribution in [-0.4, -0.2) is 56.7 Å². The van der Waals surface area contributed by atoms with Gasteiger partial charge in [0.25, 0.3) is 0 Å². The van der Waals surface area contributed by atoms with Crippen molar-refractivity contribution in [1.29, 1.82) is 0 Å². The summed E-state index contributed by atoms with van der Waals surface area (Å²) >= 11 is 0. The number of hydrogen-bond acceptors (Lipinski definition) is 6. The maximum atomic E-state index is 10.3. The lowest BCUT2D eigenvalue weighted by atomic mass is 10.1. The number of methoxy groups -OCH3 is 1. The summed E-state index contributed by atoms with van der Waals surface area (Å²) in [6.45, 7) is 6.31. The van der Waals surface area contributed by atoms with E-state index in [1.54, 1.807) is 25.3 Å². The molecule has 0 bridgehead atoms. The molecule has 0 unspecified atom stereocenters. The molecule has 0 spiro atoms. The lowest BCUT2D eigenvalue weighted by Crippen LogP contribution is -2.17. The molecule has 1 heterocycles. The number of phenols is 1. The first-order valence-corrected chi connectivity index (χ1v) is 7.28. The van der Waals surface area contributed by atoms with Gasteiger partial charge in [0.2, 0.25) is 5.90 Å². The molecule has 0 saturated carbocycles. The Morgan fingerprint density at radius 1 is 1.23 bits per heavy atom. The molecule has 6 heteroatoms. The summed E-state index contributed by atoms with van der Waals surface area (Å²) in [5.74, 6) is 0.879. The Bertz CT molecular complexity index is 527. The fourth-order valence-electron chi connectivity index (χ4n) is 1.99. The lowest BCUT2D eigenvalue weighted by Gasteiger charge is -2.11. The van der Waals surface area contributed by atoms with Crippen molar-refractivity contribution in [1.82, 2.24) is 0 Å². The molecule has 1 aromatic carbocycles. The molecular weight excluding hydrogens is 286 g/mol. The summed E-state index contributed by atoms with van der Waals surface area (Å²) in [6.07, 6.45) is 0. The minimum Gasteiger partial charge on any atom is -0.504 e. The zero-order valence-electron chi connectivity index (χ0n) is 13.3. The summed E-state index contributed by atoms with van der Waals surface area (Å²) in [5.41, 5.74) is 0.275. The predicted molar refractivity (Wildman–Crippen MR) is 82.9 cm³/mol. The van der Waals surface area contributed by atoms with Crippen LogP contribution in [-0.2, 0) is 14.2 Å². The van der Waals surface area contributed by atoms with E-state index in [9.17, 15) is 5.11 Å². The number of hydrogen-bond donors (Lipinski definition) is 1. The van der Waals surface area contributed by atoms with Crippen LogP contribution in [0, 0.1) is 0 Å². The number of aromatic hydroxyl groups is 1. The fraction of sp³-hybridized carbons (Fsp3) is 0.562. The normalized spacial score (nSPS) is 16.2. The molecule has 0 amide bonds. The third-order valence-electron chi connectivity index (χ3n) is 3.11. The molecule has 2 rings (SSSR count). The highest BCUT2D eigenvalue weighted by Crippen LogP contribution is 2.33. The highest BCUT2D eigenvalue weighted by Gasteiger charge is 2.29. The average Bonchev–Trinajstić information content (AvgIpc) is 2.84. The van der Waals surface area contributed by atoms with E-state index in [1.807, 2.05) is 13.8 Å². The molecule has 1 aliphatic heterocycles. The van der Waals surface area contributed by atoms with Crippen molar-refractivity contribution in [2.75, 3.05) is 40.1 Å². The van der Waals surface area contributed by atoms with Crippen LogP contribution < -0.4 is 4.74 Å². The van der Waals surface area contributed by atoms with Crippen LogP contribution in [0.5, 0.6) is 11.5 Å². The molecule has 0 saturated heterocycles. The Balaban J connectivity index is 1.95. The van der Waals surface area contributed by atoms with Crippen LogP contribution in [0.15, 0.2) is 23.2 Å². The van der Waals surface area contributed by atoms with Crippen molar-refractivity contribution in [3.8, 4) is 11.5 Å². The SMILES string of the molecule is COCCOCCOc1cccc(C2=NC(C)(C)CO2)c1O. The zero-order valence-corrected chi connectivity index (χ0v) is 13.3. The van der Waals surface area contributed by atoms with Gasteiger partial charge in [-0.2, -0.15) is 0 Å². The number of phenolic OH excluding ortho intramolecular Hbond substituents is 1. The molecule has 0 atom stereocenters. The Morgan fingerprint density at radius 3 is 2.68 bits per heavy atom. The van der Waals surface area contributed by atoms with Gasteiger partial charge in [0.05, 0.1) is 30.9 Å². The molecular formula is C16H23NO5. The molecule has 6 nitrogen and oxygen atoms in total. The second kappa shape index (κ2) is 7.47. The van der Waals surface area contributed by atoms with Crippen molar-refractivity contribution in [3.63, 3.8) is 0 Å². The van der Waals surface area contributed by atoms with Crippen molar-refractivity contribution in [3.05, 3.63) is 23.8 Å². The van der Waals surface area contributed by atoms with Crippen molar-refractivity contribution in [2.45, 2.75) is 19.4 Å². The standard InChI is InChI=1S/C16H23NO5/c1-16(2)11-22-15(17-16)12-5-4-6-13(14(12)18)21-10-9-20-8-7-19-3/h4-6,18H,7-11H2,1-3H3. The molecule has 1 aromatic rings. The summed E-state index contributed by atoms with van der Waals surface area (Å²) in [7, 11) is 1.62. The van der Waals surface area contributed by atoms with E-state index in [4.69, 9.17) is 18.9 Å². The van der Waals surface area contributed by atoms with Gasteiger partial charge in [-0.1, -0.05) is 6.07 Å². The second-order valence-corrected chi connectivity index (χ2v) is 5.62. The van der Waals surface area contributed by atoms with Gasteiger partial charge in [0.15, 0.2) is 11.5 Å². The van der Waals surface area contributed by atoms with Gasteiger partial charge in [-0.25, -0.2) is 4.99 Å². The molecule has 0 radical (unpaired) electrons. The average molecular weight is 309 g/mol. The van der Waals surface area contributed by atoms with Crippen LogP contribution in [0.1, 0.15) is 19.4 Å². The third kappa shape index (κ3) is 4.35. The van der Waals surface area contributed by atoms with E-state index in [0.29, 0.717) is 50.2 Å². The Labute approximate surface area is 130 Å². The number of benzene rings is 1. The minimum absolute atomic E-state index is 0.0378. The largest absolute Gasteiger partial charge is 0.504 e. The van der Waals surface area contributed by atoms with Crippen molar-refractivity contribution in [2.24, 2.45) is 4.99 Å². The van der Waals surface area contributed by atoms with Crippen LogP contribution in [0.25, 0.3) is 0 Å². The van der Waals surface area contributed by atoms with E-state index in [-0.39, 0.29) is 11.3 Å². The molecule has 1 N–H and O–H groups in total. The summed E-state index contributed by atoms with van der Waals surface area (Å²) < 4.78 is 21.3. The van der Waals surface area contributed by atoms with E-state index in [2.05, 4.69) is 4.99 Å². The quantitative estimate of drug-likeness (QED) is 0.744. The number of nitrogens with zero attached hydrogens (tertiary/aromatic N) is 1. The smallest absolute Gasteiger partial charge is 0.220 e. The van der Waals surface area contributed by atoms with E-state index >= 15 is 0 Å². The van der Waals surface area contributed by atoms with Gasteiger partial charge in [-0.05, 0) is 26.0 Å². The van der Waals surface area contributed by atoms with E-state index in [0.717, 1.165) is 0 Å². The van der Waals surface area contributed by atoms with E-state index < -0.39 is 0 Å². The minimum atomic E-state index is -0.270. The summed E-state index contributed by atoms with van der Waals surface area (Å²) in [5, 5.41) is 10.3. The lowest BCUT2D eigenvalue weighted by molar-refractivity contribution is 0.0540. The van der Waals surface area contributed by atoms with Gasteiger partial charge in [-0.3, -0.25) is 0 Å². The number of rotatable bonds is 8. The van der Waals surface area contributed by atoms with Gasteiger partial charge in [0, 0.05) is 7.11 Å². The first-order valence-electron chi connectivity index (χ1n) is 7.28. The molecule has 122 valence electrons. The van der Waals surface area contributed by atoms with Gasteiger partial charge < -0.3 is 24.1 Å². The van der Waals surface area contributed by atoms with Gasteiger partial charge in [-0.15, -0.1) is 0 Å². The zero-order chi connectivity index (χ0) is 16.0. The Kier molecular flexibility index (Phi) is 5.63. The molecule has 22 heavy (non-hydrogen) atoms. The Hall–Kier alpha value is -1.79. The number of para-hydroxylation sites is 1. The maximum absolute atomic E-state index is 10.3. The summed E-state index contributed by atoms with van der Waals surface area (Å²) in [4.78, 5) is 4.46. The van der Waals surface area contributed by atoms with E-state index in [1.165, 1.54) is 0 Å². The van der Waals surface area contributed by atoms with Crippen LogP contribution >= 0.6 is 0 Å². The third-order valence-corrected chi connectivity index (χ3v) is 3.11. The van der Waals surface area contributed by atoms with Crippen LogP contribution in [0.2, 0.25) is 0 Å². The summed E-state index contributed by atoms with van der Waals surface area (Å²) in [6, 6.07) is 5.26. The fourth-order valence-corrected chi connectivity index (χ4v) is 1.99. The molecule has 0 fully saturated rings. The second-order valence-electron chi connectivity index (χ2n) is 5.62.